The Kier molecular flexibility index (Phi) is 8.78. The summed E-state index contributed by atoms with van der Waals surface area (Å²) in [6.45, 7) is 5.09. The van der Waals surface area contributed by atoms with Crippen molar-refractivity contribution in [3.8, 4) is 11.4 Å². The third-order valence-electron chi connectivity index (χ3n) is 7.27. The lowest BCUT2D eigenvalue weighted by Gasteiger charge is -2.26. The Morgan fingerprint density at radius 3 is 2.67 bits per heavy atom. The largest absolute Gasteiger partial charge is 0.463 e. The molecule has 1 aromatic heterocycles. The van der Waals surface area contributed by atoms with E-state index in [1.165, 1.54) is 16.1 Å². The first kappa shape index (κ1) is 28.6. The lowest BCUT2D eigenvalue weighted by atomic mass is 10.1. The second kappa shape index (κ2) is 12.3. The molecule has 0 bridgehead atoms. The second-order valence-corrected chi connectivity index (χ2v) is 12.8. The highest BCUT2D eigenvalue weighted by atomic mass is 32.2. The first-order valence-electron chi connectivity index (χ1n) is 13.5. The number of aromatic nitrogens is 3. The quantitative estimate of drug-likeness (QED) is 0.333. The minimum atomic E-state index is -3.68. The van der Waals surface area contributed by atoms with Crippen LogP contribution >= 0.6 is 11.8 Å². The van der Waals surface area contributed by atoms with Crippen LogP contribution in [0, 0.1) is 0 Å². The van der Waals surface area contributed by atoms with Gasteiger partial charge in [0, 0.05) is 36.1 Å². The van der Waals surface area contributed by atoms with E-state index >= 15 is 0 Å². The highest BCUT2D eigenvalue weighted by molar-refractivity contribution is 7.99. The Balaban J connectivity index is 1.47. The zero-order chi connectivity index (χ0) is 28.3. The summed E-state index contributed by atoms with van der Waals surface area (Å²) in [5.74, 6) is 0.396. The number of carbonyl (C=O) groups is 2. The molecule has 1 saturated carbocycles. The van der Waals surface area contributed by atoms with Crippen molar-refractivity contribution in [1.82, 2.24) is 29.7 Å². The highest BCUT2D eigenvalue weighted by Gasteiger charge is 2.32. The Hall–Kier alpha value is -2.94. The van der Waals surface area contributed by atoms with Gasteiger partial charge in [-0.3, -0.25) is 4.57 Å². The molecule has 0 radical (unpaired) electrons. The summed E-state index contributed by atoms with van der Waals surface area (Å²) >= 11 is 1.37. The third-order valence-corrected chi connectivity index (χ3v) is 10.1. The van der Waals surface area contributed by atoms with Crippen LogP contribution < -0.4 is 10.6 Å². The molecule has 1 aliphatic carbocycles. The van der Waals surface area contributed by atoms with Crippen molar-refractivity contribution >= 4 is 33.8 Å². The maximum atomic E-state index is 13.3. The predicted octanol–water partition coefficient (Wildman–Crippen LogP) is 2.69. The van der Waals surface area contributed by atoms with Crippen LogP contribution in [-0.2, 0) is 24.3 Å². The Labute approximate surface area is 237 Å². The van der Waals surface area contributed by atoms with E-state index in [0.29, 0.717) is 54.1 Å². The van der Waals surface area contributed by atoms with Crippen molar-refractivity contribution < 1.29 is 27.5 Å². The number of nitrogens with zero attached hydrogens (tertiary/aromatic N) is 4. The molecule has 2 amide bonds. The minimum absolute atomic E-state index is 0.159. The summed E-state index contributed by atoms with van der Waals surface area (Å²) in [6.07, 6.45) is 4.07. The molecule has 3 heterocycles. The fourth-order valence-electron chi connectivity index (χ4n) is 5.33. The summed E-state index contributed by atoms with van der Waals surface area (Å²) in [5.41, 5.74) is 1.51. The number of hydrogen-bond donors (Lipinski definition) is 2. The monoisotopic (exact) mass is 590 g/mol. The molecule has 3 aliphatic rings. The topological polar surface area (TPSA) is 145 Å². The van der Waals surface area contributed by atoms with Crippen LogP contribution in [0.25, 0.3) is 11.4 Å². The van der Waals surface area contributed by atoms with Crippen molar-refractivity contribution in [2.24, 2.45) is 0 Å². The van der Waals surface area contributed by atoms with Gasteiger partial charge in [0.1, 0.15) is 0 Å². The predicted molar refractivity (Wildman–Crippen MR) is 148 cm³/mol. The lowest BCUT2D eigenvalue weighted by Crippen LogP contribution is -2.49. The zero-order valence-corrected chi connectivity index (χ0v) is 24.2. The molecule has 5 rings (SSSR count). The van der Waals surface area contributed by atoms with E-state index in [9.17, 15) is 18.0 Å². The zero-order valence-electron chi connectivity index (χ0n) is 22.6. The van der Waals surface area contributed by atoms with Crippen molar-refractivity contribution in [2.75, 3.05) is 38.7 Å². The Morgan fingerprint density at radius 1 is 1.20 bits per heavy atom. The first-order chi connectivity index (χ1) is 19.3. The molecule has 1 aromatic carbocycles. The number of amides is 2. The van der Waals surface area contributed by atoms with Crippen LogP contribution in [0.15, 0.2) is 45.6 Å². The number of sulfonamides is 1. The first-order valence-corrected chi connectivity index (χ1v) is 16.0. The second-order valence-electron chi connectivity index (χ2n) is 9.88. The SMILES string of the molecule is CCOC(=O)C1=C(CSc2nnc(-c3cccc(S(=O)(=O)N4CCOCC4)c3)n2C2CCCC2)NC(=O)NC1C. The molecular formula is C26H34N6O6S2. The molecule has 2 N–H and O–H groups in total. The fourth-order valence-corrected chi connectivity index (χ4v) is 7.75. The molecule has 0 spiro atoms. The average Bonchev–Trinajstić information content (AvgIpc) is 3.62. The van der Waals surface area contributed by atoms with Crippen molar-refractivity contribution in [3.63, 3.8) is 0 Å². The number of thioether (sulfide) groups is 1. The average molecular weight is 591 g/mol. The van der Waals surface area contributed by atoms with Crippen LogP contribution in [0.3, 0.4) is 0 Å². The van der Waals surface area contributed by atoms with Crippen LogP contribution in [-0.4, -0.2) is 84.2 Å². The molecule has 1 unspecified atom stereocenters. The van der Waals surface area contributed by atoms with Crippen LogP contribution in [0.5, 0.6) is 0 Å². The number of urea groups is 1. The lowest BCUT2D eigenvalue weighted by molar-refractivity contribution is -0.138. The molecule has 1 atom stereocenters. The van der Waals surface area contributed by atoms with E-state index in [0.717, 1.165) is 25.7 Å². The normalized spacial score (nSPS) is 20.9. The molecule has 2 aromatic rings. The van der Waals surface area contributed by atoms with Gasteiger partial charge in [0.2, 0.25) is 10.0 Å². The summed E-state index contributed by atoms with van der Waals surface area (Å²) in [4.78, 5) is 25.1. The Morgan fingerprint density at radius 2 is 1.95 bits per heavy atom. The molecule has 2 fully saturated rings. The van der Waals surface area contributed by atoms with Gasteiger partial charge in [0.15, 0.2) is 11.0 Å². The van der Waals surface area contributed by atoms with E-state index in [4.69, 9.17) is 9.47 Å². The van der Waals surface area contributed by atoms with Gasteiger partial charge in [-0.2, -0.15) is 4.31 Å². The third kappa shape index (κ3) is 5.90. The standard InChI is InChI=1S/C26H34N6O6S2/c1-3-38-24(33)22-17(2)27-25(34)28-21(22)16-39-26-30-29-23(32(26)19-8-4-5-9-19)18-7-6-10-20(15-18)40(35,36)31-11-13-37-14-12-31/h6-7,10,15,17,19H,3-5,8-9,11-14,16H2,1-2H3,(H2,27,28,34). The molecular weight excluding hydrogens is 556 g/mol. The number of carbonyl (C=O) groups excluding carboxylic acids is 2. The van der Waals surface area contributed by atoms with E-state index in [2.05, 4.69) is 25.4 Å². The van der Waals surface area contributed by atoms with E-state index in [-0.39, 0.29) is 29.3 Å². The van der Waals surface area contributed by atoms with E-state index < -0.39 is 22.0 Å². The molecule has 14 heteroatoms. The van der Waals surface area contributed by atoms with Gasteiger partial charge >= 0.3 is 12.0 Å². The van der Waals surface area contributed by atoms with Gasteiger partial charge in [0.05, 0.1) is 36.3 Å². The number of nitrogens with one attached hydrogen (secondary N) is 2. The van der Waals surface area contributed by atoms with Crippen molar-refractivity contribution in [3.05, 3.63) is 35.5 Å². The van der Waals surface area contributed by atoms with Gasteiger partial charge < -0.3 is 20.1 Å². The molecule has 12 nitrogen and oxygen atoms in total. The smallest absolute Gasteiger partial charge is 0.337 e. The van der Waals surface area contributed by atoms with Gasteiger partial charge in [-0.15, -0.1) is 10.2 Å². The number of morpholine rings is 1. The minimum Gasteiger partial charge on any atom is -0.463 e. The number of esters is 1. The van der Waals surface area contributed by atoms with Gasteiger partial charge in [-0.25, -0.2) is 18.0 Å². The molecule has 40 heavy (non-hydrogen) atoms. The summed E-state index contributed by atoms with van der Waals surface area (Å²) in [5, 5.41) is 15.1. The molecule has 1 saturated heterocycles. The van der Waals surface area contributed by atoms with Gasteiger partial charge in [0.25, 0.3) is 0 Å². The van der Waals surface area contributed by atoms with Gasteiger partial charge in [-0.05, 0) is 38.8 Å². The van der Waals surface area contributed by atoms with Crippen LogP contribution in [0.2, 0.25) is 0 Å². The number of hydrogen-bond acceptors (Lipinski definition) is 9. The number of ether oxygens (including phenoxy) is 2. The van der Waals surface area contributed by atoms with E-state index in [1.54, 1.807) is 32.0 Å². The molecule has 2 aliphatic heterocycles. The molecule has 216 valence electrons. The summed E-state index contributed by atoms with van der Waals surface area (Å²) in [7, 11) is -3.68. The number of benzene rings is 1. The Bertz CT molecular complexity index is 1400. The van der Waals surface area contributed by atoms with Crippen molar-refractivity contribution in [2.45, 2.75) is 61.7 Å². The summed E-state index contributed by atoms with van der Waals surface area (Å²) in [6, 6.07) is 6.11. The fraction of sp³-hybridized carbons (Fsp3) is 0.538. The maximum Gasteiger partial charge on any atom is 0.337 e. The maximum absolute atomic E-state index is 13.3. The van der Waals surface area contributed by atoms with Crippen molar-refractivity contribution in [1.29, 1.82) is 0 Å². The van der Waals surface area contributed by atoms with Crippen LogP contribution in [0.4, 0.5) is 4.79 Å². The highest BCUT2D eigenvalue weighted by Crippen LogP contribution is 2.37. The van der Waals surface area contributed by atoms with Crippen LogP contribution in [0.1, 0.15) is 45.6 Å². The van der Waals surface area contributed by atoms with Gasteiger partial charge in [-0.1, -0.05) is 36.7 Å². The summed E-state index contributed by atoms with van der Waals surface area (Å²) < 4.78 is 40.7. The number of rotatable bonds is 9. The van der Waals surface area contributed by atoms with E-state index in [1.807, 2.05) is 6.07 Å².